The van der Waals surface area contributed by atoms with Gasteiger partial charge in [-0.3, -0.25) is 9.69 Å². The molecular weight excluding hydrogens is 240 g/mol. The van der Waals surface area contributed by atoms with Gasteiger partial charge >= 0.3 is 5.97 Å². The predicted octanol–water partition coefficient (Wildman–Crippen LogP) is 2.10. The van der Waals surface area contributed by atoms with Gasteiger partial charge in [-0.1, -0.05) is 25.1 Å². The van der Waals surface area contributed by atoms with E-state index >= 15 is 0 Å². The van der Waals surface area contributed by atoms with Crippen LogP contribution in [0.25, 0.3) is 10.9 Å². The van der Waals surface area contributed by atoms with Crippen LogP contribution in [0, 0.1) is 0 Å². The third-order valence-corrected chi connectivity index (χ3v) is 3.85. The average molecular weight is 258 g/mol. The van der Waals surface area contributed by atoms with Gasteiger partial charge in [0, 0.05) is 30.7 Å². The van der Waals surface area contributed by atoms with Gasteiger partial charge in [0.05, 0.1) is 12.1 Å². The molecule has 100 valence electrons. The van der Waals surface area contributed by atoms with Gasteiger partial charge in [0.1, 0.15) is 0 Å². The maximum absolute atomic E-state index is 10.8. The molecule has 0 saturated heterocycles. The Balaban J connectivity index is 2.01. The fourth-order valence-electron chi connectivity index (χ4n) is 3.01. The molecule has 1 aromatic carbocycles. The molecule has 4 nitrogen and oxygen atoms in total. The lowest BCUT2D eigenvalue weighted by Gasteiger charge is -2.27. The van der Waals surface area contributed by atoms with Gasteiger partial charge in [-0.15, -0.1) is 0 Å². The lowest BCUT2D eigenvalue weighted by Crippen LogP contribution is -2.36. The first-order chi connectivity index (χ1) is 9.19. The number of nitrogens with zero attached hydrogens (tertiary/aromatic N) is 2. The summed E-state index contributed by atoms with van der Waals surface area (Å²) in [5.74, 6) is -0.751. The third kappa shape index (κ3) is 2.12. The highest BCUT2D eigenvalue weighted by Crippen LogP contribution is 2.27. The number of aromatic nitrogens is 1. The van der Waals surface area contributed by atoms with E-state index in [1.165, 1.54) is 22.2 Å². The Labute approximate surface area is 112 Å². The quantitative estimate of drug-likeness (QED) is 0.917. The van der Waals surface area contributed by atoms with Crippen molar-refractivity contribution in [3.05, 3.63) is 35.5 Å². The van der Waals surface area contributed by atoms with E-state index in [0.717, 1.165) is 26.1 Å². The second-order valence-corrected chi connectivity index (χ2v) is 5.10. The standard InChI is InChI=1S/C15H18N2O2/c1-2-11-4-3-5-12-8-13-9-16(10-14(18)19)6-7-17(13)15(11)12/h3-5,8H,2,6-7,9-10H2,1H3,(H,18,19). The zero-order chi connectivity index (χ0) is 13.4. The van der Waals surface area contributed by atoms with Crippen LogP contribution in [0.15, 0.2) is 24.3 Å². The molecule has 2 heterocycles. The van der Waals surface area contributed by atoms with Crippen molar-refractivity contribution in [2.75, 3.05) is 13.1 Å². The molecule has 0 radical (unpaired) electrons. The van der Waals surface area contributed by atoms with E-state index in [1.54, 1.807) is 0 Å². The molecule has 0 atom stereocenters. The Kier molecular flexibility index (Phi) is 3.03. The molecule has 2 aromatic rings. The van der Waals surface area contributed by atoms with Crippen molar-refractivity contribution in [3.8, 4) is 0 Å². The maximum atomic E-state index is 10.8. The topological polar surface area (TPSA) is 45.5 Å². The van der Waals surface area contributed by atoms with Crippen LogP contribution in [0.1, 0.15) is 18.2 Å². The summed E-state index contributed by atoms with van der Waals surface area (Å²) in [6.45, 7) is 4.71. The summed E-state index contributed by atoms with van der Waals surface area (Å²) >= 11 is 0. The second-order valence-electron chi connectivity index (χ2n) is 5.10. The third-order valence-electron chi connectivity index (χ3n) is 3.85. The fraction of sp³-hybridized carbons (Fsp3) is 0.400. The van der Waals surface area contributed by atoms with Crippen LogP contribution >= 0.6 is 0 Å². The first-order valence-corrected chi connectivity index (χ1v) is 6.73. The molecule has 3 rings (SSSR count). The van der Waals surface area contributed by atoms with Gasteiger partial charge in [-0.2, -0.15) is 0 Å². The Morgan fingerprint density at radius 1 is 1.37 bits per heavy atom. The van der Waals surface area contributed by atoms with E-state index in [9.17, 15) is 4.79 Å². The number of rotatable bonds is 3. The monoisotopic (exact) mass is 258 g/mol. The number of para-hydroxylation sites is 1. The average Bonchev–Trinajstić information content (AvgIpc) is 2.75. The molecule has 19 heavy (non-hydrogen) atoms. The van der Waals surface area contributed by atoms with Crippen molar-refractivity contribution in [1.29, 1.82) is 0 Å². The zero-order valence-electron chi connectivity index (χ0n) is 11.1. The first kappa shape index (κ1) is 12.2. The molecule has 0 spiro atoms. The van der Waals surface area contributed by atoms with E-state index in [1.807, 2.05) is 4.90 Å². The van der Waals surface area contributed by atoms with Crippen molar-refractivity contribution in [2.24, 2.45) is 0 Å². The van der Waals surface area contributed by atoms with Crippen LogP contribution in [0.4, 0.5) is 0 Å². The van der Waals surface area contributed by atoms with Crippen molar-refractivity contribution in [2.45, 2.75) is 26.4 Å². The SMILES string of the molecule is CCc1cccc2cc3n(c12)CCN(CC(=O)O)C3. The van der Waals surface area contributed by atoms with Gasteiger partial charge in [0.2, 0.25) is 0 Å². The minimum atomic E-state index is -0.751. The Morgan fingerprint density at radius 3 is 2.95 bits per heavy atom. The smallest absolute Gasteiger partial charge is 0.317 e. The van der Waals surface area contributed by atoms with Crippen molar-refractivity contribution in [3.63, 3.8) is 0 Å². The van der Waals surface area contributed by atoms with Crippen LogP contribution in [-0.4, -0.2) is 33.6 Å². The number of aliphatic carboxylic acids is 1. The molecular formula is C15H18N2O2. The van der Waals surface area contributed by atoms with Crippen molar-refractivity contribution in [1.82, 2.24) is 9.47 Å². The number of aryl methyl sites for hydroxylation is 1. The number of fused-ring (bicyclic) bond motifs is 3. The van der Waals surface area contributed by atoms with Gasteiger partial charge < -0.3 is 9.67 Å². The van der Waals surface area contributed by atoms with Crippen LogP contribution in [0.5, 0.6) is 0 Å². The molecule has 1 aliphatic heterocycles. The zero-order valence-corrected chi connectivity index (χ0v) is 11.1. The normalized spacial score (nSPS) is 15.6. The number of benzene rings is 1. The largest absolute Gasteiger partial charge is 0.480 e. The lowest BCUT2D eigenvalue weighted by molar-refractivity contribution is -0.138. The number of carbonyl (C=O) groups is 1. The number of carboxylic acids is 1. The van der Waals surface area contributed by atoms with E-state index in [2.05, 4.69) is 35.8 Å². The Morgan fingerprint density at radius 2 is 2.21 bits per heavy atom. The summed E-state index contributed by atoms with van der Waals surface area (Å²) in [6.07, 6.45) is 1.03. The van der Waals surface area contributed by atoms with E-state index < -0.39 is 5.97 Å². The summed E-state index contributed by atoms with van der Waals surface area (Å²) in [5.41, 5.74) is 3.92. The predicted molar refractivity (Wildman–Crippen MR) is 74.2 cm³/mol. The highest BCUT2D eigenvalue weighted by Gasteiger charge is 2.20. The van der Waals surface area contributed by atoms with Gasteiger partial charge in [0.15, 0.2) is 0 Å². The molecule has 0 aliphatic carbocycles. The molecule has 0 amide bonds. The summed E-state index contributed by atoms with van der Waals surface area (Å²) in [4.78, 5) is 12.8. The van der Waals surface area contributed by atoms with Crippen LogP contribution in [-0.2, 0) is 24.3 Å². The Bertz CT molecular complexity index is 630. The lowest BCUT2D eigenvalue weighted by atomic mass is 10.1. The van der Waals surface area contributed by atoms with E-state index in [4.69, 9.17) is 5.11 Å². The van der Waals surface area contributed by atoms with Gasteiger partial charge in [-0.05, 0) is 18.1 Å². The number of carboxylic acid groups (broad SMARTS) is 1. The van der Waals surface area contributed by atoms with Crippen LogP contribution < -0.4 is 0 Å². The molecule has 0 bridgehead atoms. The second kappa shape index (κ2) is 4.70. The minimum Gasteiger partial charge on any atom is -0.480 e. The first-order valence-electron chi connectivity index (χ1n) is 6.73. The molecule has 0 unspecified atom stereocenters. The molecule has 4 heteroatoms. The van der Waals surface area contributed by atoms with Crippen molar-refractivity contribution < 1.29 is 9.90 Å². The highest BCUT2D eigenvalue weighted by molar-refractivity contribution is 5.84. The summed E-state index contributed by atoms with van der Waals surface area (Å²) in [7, 11) is 0. The molecule has 1 N–H and O–H groups in total. The molecule has 1 aromatic heterocycles. The van der Waals surface area contributed by atoms with Crippen molar-refractivity contribution >= 4 is 16.9 Å². The van der Waals surface area contributed by atoms with E-state index in [0.29, 0.717) is 0 Å². The van der Waals surface area contributed by atoms with Gasteiger partial charge in [0.25, 0.3) is 0 Å². The molecule has 0 saturated carbocycles. The summed E-state index contributed by atoms with van der Waals surface area (Å²) in [5, 5.41) is 10.2. The van der Waals surface area contributed by atoms with Crippen LogP contribution in [0.3, 0.4) is 0 Å². The van der Waals surface area contributed by atoms with E-state index in [-0.39, 0.29) is 6.54 Å². The molecule has 0 fully saturated rings. The highest BCUT2D eigenvalue weighted by atomic mass is 16.4. The fourth-order valence-corrected chi connectivity index (χ4v) is 3.01. The number of hydrogen-bond donors (Lipinski definition) is 1. The Hall–Kier alpha value is -1.81. The number of hydrogen-bond acceptors (Lipinski definition) is 2. The summed E-state index contributed by atoms with van der Waals surface area (Å²) in [6, 6.07) is 8.62. The van der Waals surface area contributed by atoms with Crippen LogP contribution in [0.2, 0.25) is 0 Å². The maximum Gasteiger partial charge on any atom is 0.317 e. The minimum absolute atomic E-state index is 0.127. The van der Waals surface area contributed by atoms with Gasteiger partial charge in [-0.25, -0.2) is 0 Å². The molecule has 1 aliphatic rings. The summed E-state index contributed by atoms with van der Waals surface area (Å²) < 4.78 is 2.35.